The second-order valence-electron chi connectivity index (χ2n) is 7.07. The summed E-state index contributed by atoms with van der Waals surface area (Å²) >= 11 is 22.7. The molecule has 0 saturated carbocycles. The second kappa shape index (κ2) is 10.5. The van der Waals surface area contributed by atoms with Gasteiger partial charge in [0.2, 0.25) is 0 Å². The average molecular weight is 584 g/mol. The fourth-order valence-electron chi connectivity index (χ4n) is 3.10. The smallest absolute Gasteiger partial charge is 0.293 e. The number of carbonyl (C=O) groups is 2. The molecule has 1 aliphatic rings. The Bertz CT molecular complexity index is 1280. The SMILES string of the molecule is O=C1S/C(=C\c2ccc(OCc3ccc(Cl)cc3Cl)c(Br)c2)C(=O)N1Cc1ccccc1Cl. The van der Waals surface area contributed by atoms with E-state index in [-0.39, 0.29) is 24.3 Å². The van der Waals surface area contributed by atoms with E-state index in [2.05, 4.69) is 15.9 Å². The molecule has 3 aromatic rings. The molecule has 1 saturated heterocycles. The third-order valence-electron chi connectivity index (χ3n) is 4.81. The Morgan fingerprint density at radius 2 is 1.73 bits per heavy atom. The van der Waals surface area contributed by atoms with Crippen molar-refractivity contribution in [1.82, 2.24) is 4.90 Å². The lowest BCUT2D eigenvalue weighted by Gasteiger charge is -2.13. The van der Waals surface area contributed by atoms with Crippen molar-refractivity contribution in [1.29, 1.82) is 0 Å². The van der Waals surface area contributed by atoms with E-state index in [0.29, 0.717) is 35.8 Å². The number of carbonyl (C=O) groups excluding carboxylic acids is 2. The first-order valence-corrected chi connectivity index (χ1v) is 12.4. The first kappa shape index (κ1) is 24.2. The first-order chi connectivity index (χ1) is 15.8. The molecule has 0 atom stereocenters. The number of nitrogens with zero attached hydrogens (tertiary/aromatic N) is 1. The van der Waals surface area contributed by atoms with E-state index >= 15 is 0 Å². The third kappa shape index (κ3) is 5.76. The van der Waals surface area contributed by atoms with Gasteiger partial charge in [0, 0.05) is 20.6 Å². The maximum atomic E-state index is 12.8. The van der Waals surface area contributed by atoms with E-state index in [1.165, 1.54) is 4.90 Å². The fraction of sp³-hybridized carbons (Fsp3) is 0.0833. The molecule has 0 unspecified atom stereocenters. The molecule has 4 rings (SSSR count). The van der Waals surface area contributed by atoms with Crippen LogP contribution in [0.15, 0.2) is 70.0 Å². The summed E-state index contributed by atoms with van der Waals surface area (Å²) in [5.74, 6) is 0.267. The first-order valence-electron chi connectivity index (χ1n) is 9.67. The van der Waals surface area contributed by atoms with Crippen molar-refractivity contribution >= 4 is 79.7 Å². The molecule has 0 spiro atoms. The predicted octanol–water partition coefficient (Wildman–Crippen LogP) is 8.22. The number of benzene rings is 3. The van der Waals surface area contributed by atoms with E-state index in [1.54, 1.807) is 42.5 Å². The molecule has 1 heterocycles. The molecule has 0 radical (unpaired) electrons. The van der Waals surface area contributed by atoms with Crippen molar-refractivity contribution in [3.05, 3.63) is 102 Å². The molecule has 0 aromatic heterocycles. The Kier molecular flexibility index (Phi) is 7.72. The van der Waals surface area contributed by atoms with E-state index in [9.17, 15) is 9.59 Å². The number of hydrogen-bond acceptors (Lipinski definition) is 4. The van der Waals surface area contributed by atoms with Gasteiger partial charge in [-0.1, -0.05) is 65.1 Å². The minimum Gasteiger partial charge on any atom is -0.488 e. The highest BCUT2D eigenvalue weighted by atomic mass is 79.9. The number of hydrogen-bond donors (Lipinski definition) is 0. The van der Waals surface area contributed by atoms with Crippen LogP contribution in [0.25, 0.3) is 6.08 Å². The summed E-state index contributed by atoms with van der Waals surface area (Å²) in [4.78, 5) is 26.8. The van der Waals surface area contributed by atoms with Gasteiger partial charge in [-0.2, -0.15) is 0 Å². The Morgan fingerprint density at radius 3 is 2.45 bits per heavy atom. The molecule has 1 fully saturated rings. The normalized spacial score (nSPS) is 14.9. The van der Waals surface area contributed by atoms with Gasteiger partial charge < -0.3 is 4.74 Å². The molecule has 1 aliphatic heterocycles. The molecule has 0 N–H and O–H groups in total. The van der Waals surface area contributed by atoms with Crippen LogP contribution >= 0.6 is 62.5 Å². The Labute approximate surface area is 218 Å². The van der Waals surface area contributed by atoms with Crippen LogP contribution in [-0.2, 0) is 17.9 Å². The van der Waals surface area contributed by atoms with Crippen LogP contribution in [0.4, 0.5) is 4.79 Å². The molecule has 0 bridgehead atoms. The van der Waals surface area contributed by atoms with Crippen molar-refractivity contribution in [2.45, 2.75) is 13.2 Å². The van der Waals surface area contributed by atoms with Crippen molar-refractivity contribution in [2.24, 2.45) is 0 Å². The molecule has 4 nitrogen and oxygen atoms in total. The van der Waals surface area contributed by atoms with Crippen LogP contribution in [0.3, 0.4) is 0 Å². The molecular formula is C24H15BrCl3NO3S. The summed E-state index contributed by atoms with van der Waals surface area (Å²) in [6.45, 7) is 0.403. The molecule has 168 valence electrons. The zero-order valence-electron chi connectivity index (χ0n) is 16.9. The van der Waals surface area contributed by atoms with E-state index in [1.807, 2.05) is 24.3 Å². The zero-order chi connectivity index (χ0) is 23.5. The van der Waals surface area contributed by atoms with Crippen LogP contribution in [0.1, 0.15) is 16.7 Å². The maximum absolute atomic E-state index is 12.8. The van der Waals surface area contributed by atoms with Gasteiger partial charge in [0.05, 0.1) is 15.9 Å². The van der Waals surface area contributed by atoms with E-state index < -0.39 is 0 Å². The highest BCUT2D eigenvalue weighted by Gasteiger charge is 2.35. The van der Waals surface area contributed by atoms with Crippen molar-refractivity contribution in [3.63, 3.8) is 0 Å². The van der Waals surface area contributed by atoms with Gasteiger partial charge in [0.25, 0.3) is 11.1 Å². The monoisotopic (exact) mass is 581 g/mol. The van der Waals surface area contributed by atoms with Gasteiger partial charge in [0.1, 0.15) is 12.4 Å². The minimum atomic E-state index is -0.348. The van der Waals surface area contributed by atoms with Gasteiger partial charge in [-0.15, -0.1) is 0 Å². The highest BCUT2D eigenvalue weighted by molar-refractivity contribution is 9.10. The maximum Gasteiger partial charge on any atom is 0.293 e. The van der Waals surface area contributed by atoms with E-state index in [4.69, 9.17) is 39.5 Å². The number of halogens is 4. The zero-order valence-corrected chi connectivity index (χ0v) is 21.5. The summed E-state index contributed by atoms with van der Waals surface area (Å²) in [6.07, 6.45) is 1.68. The van der Waals surface area contributed by atoms with Crippen LogP contribution in [0.5, 0.6) is 5.75 Å². The molecule has 3 aromatic carbocycles. The van der Waals surface area contributed by atoms with Crippen molar-refractivity contribution in [2.75, 3.05) is 0 Å². The minimum absolute atomic E-state index is 0.130. The topological polar surface area (TPSA) is 46.6 Å². The Hall–Kier alpha value is -1.96. The van der Waals surface area contributed by atoms with Gasteiger partial charge in [-0.05, 0) is 75.2 Å². The van der Waals surface area contributed by atoms with Gasteiger partial charge >= 0.3 is 0 Å². The standard InChI is InChI=1S/C24H15BrCl3NO3S/c25-18-9-14(5-8-21(18)32-13-16-6-7-17(26)11-20(16)28)10-22-23(30)29(24(31)33-22)12-15-3-1-2-4-19(15)27/h1-11H,12-13H2/b22-10-. The van der Waals surface area contributed by atoms with Crippen LogP contribution < -0.4 is 4.74 Å². The van der Waals surface area contributed by atoms with Crippen LogP contribution in [-0.4, -0.2) is 16.0 Å². The summed E-state index contributed by atoms with van der Waals surface area (Å²) in [6, 6.07) is 17.8. The summed E-state index contributed by atoms with van der Waals surface area (Å²) < 4.78 is 6.56. The third-order valence-corrected chi connectivity index (χ3v) is 7.29. The molecular weight excluding hydrogens is 569 g/mol. The lowest BCUT2D eigenvalue weighted by molar-refractivity contribution is -0.123. The Balaban J connectivity index is 1.46. The molecule has 0 aliphatic carbocycles. The van der Waals surface area contributed by atoms with Crippen molar-refractivity contribution < 1.29 is 14.3 Å². The molecule has 33 heavy (non-hydrogen) atoms. The van der Waals surface area contributed by atoms with Gasteiger partial charge in [0.15, 0.2) is 0 Å². The number of imide groups is 1. The number of amides is 2. The summed E-state index contributed by atoms with van der Waals surface area (Å²) in [5, 5.41) is 1.28. The molecule has 9 heteroatoms. The van der Waals surface area contributed by atoms with Crippen LogP contribution in [0.2, 0.25) is 15.1 Å². The fourth-order valence-corrected chi connectivity index (χ4v) is 5.11. The Morgan fingerprint density at radius 1 is 0.939 bits per heavy atom. The summed E-state index contributed by atoms with van der Waals surface area (Å²) in [5.41, 5.74) is 2.28. The number of thioether (sulfide) groups is 1. The lowest BCUT2D eigenvalue weighted by Crippen LogP contribution is -2.27. The molecule has 2 amide bonds. The highest BCUT2D eigenvalue weighted by Crippen LogP contribution is 2.35. The average Bonchev–Trinajstić information content (AvgIpc) is 3.03. The predicted molar refractivity (Wildman–Crippen MR) is 138 cm³/mol. The quantitative estimate of drug-likeness (QED) is 0.274. The number of rotatable bonds is 6. The largest absolute Gasteiger partial charge is 0.488 e. The van der Waals surface area contributed by atoms with Gasteiger partial charge in [-0.25, -0.2) is 0 Å². The van der Waals surface area contributed by atoms with E-state index in [0.717, 1.165) is 22.9 Å². The van der Waals surface area contributed by atoms with Crippen LogP contribution in [0, 0.1) is 0 Å². The summed E-state index contributed by atoms with van der Waals surface area (Å²) in [7, 11) is 0. The van der Waals surface area contributed by atoms with Gasteiger partial charge in [-0.3, -0.25) is 14.5 Å². The second-order valence-corrected chi connectivity index (χ2v) is 10.2. The number of ether oxygens (including phenoxy) is 1. The van der Waals surface area contributed by atoms with Crippen molar-refractivity contribution in [3.8, 4) is 5.75 Å². The lowest BCUT2D eigenvalue weighted by atomic mass is 10.2.